The minimum absolute atomic E-state index is 0.0381. The third kappa shape index (κ3) is 5.21. The predicted molar refractivity (Wildman–Crippen MR) is 86.0 cm³/mol. The first-order valence-corrected chi connectivity index (χ1v) is 7.29. The van der Waals surface area contributed by atoms with E-state index >= 15 is 0 Å². The number of phenols is 1. The number of hydrogen-bond donors (Lipinski definition) is 1. The zero-order chi connectivity index (χ0) is 16.7. The third-order valence-corrected chi connectivity index (χ3v) is 3.23. The van der Waals surface area contributed by atoms with Crippen molar-refractivity contribution in [3.63, 3.8) is 0 Å². The molecule has 0 atom stereocenters. The van der Waals surface area contributed by atoms with E-state index in [1.807, 2.05) is 31.2 Å². The van der Waals surface area contributed by atoms with Crippen LogP contribution in [0.25, 0.3) is 0 Å². The smallest absolute Gasteiger partial charge is 0.310 e. The molecule has 0 fully saturated rings. The normalized spacial score (nSPS) is 10.2. The zero-order valence-corrected chi connectivity index (χ0v) is 13.2. The monoisotopic (exact) mass is 316 g/mol. The number of methoxy groups -OCH3 is 1. The summed E-state index contributed by atoms with van der Waals surface area (Å²) in [6.45, 7) is 2.49. The number of rotatable bonds is 7. The number of aryl methyl sites for hydroxylation is 1. The Morgan fingerprint density at radius 3 is 2.52 bits per heavy atom. The highest BCUT2D eigenvalue weighted by atomic mass is 16.6. The summed E-state index contributed by atoms with van der Waals surface area (Å²) in [5, 5.41) is 9.51. The standard InChI is InChI=1S/C18H20O5/c1-13-3-6-15(7-4-13)22-9-10-23-18(20)12-14-5-8-16(19)17(11-14)21-2/h3-8,11,19H,9-10,12H2,1-2H3. The van der Waals surface area contributed by atoms with Crippen LogP contribution in [0.3, 0.4) is 0 Å². The van der Waals surface area contributed by atoms with E-state index < -0.39 is 0 Å². The number of carbonyl (C=O) groups is 1. The Bertz CT molecular complexity index is 649. The van der Waals surface area contributed by atoms with Crippen LogP contribution < -0.4 is 9.47 Å². The molecular weight excluding hydrogens is 296 g/mol. The molecule has 0 amide bonds. The van der Waals surface area contributed by atoms with Crippen LogP contribution in [0, 0.1) is 6.92 Å². The molecule has 0 aliphatic heterocycles. The Morgan fingerprint density at radius 1 is 1.09 bits per heavy atom. The first-order chi connectivity index (χ1) is 11.1. The number of phenolic OH excluding ortho intramolecular Hbond substituents is 1. The van der Waals surface area contributed by atoms with Gasteiger partial charge in [-0.05, 0) is 36.8 Å². The van der Waals surface area contributed by atoms with E-state index in [2.05, 4.69) is 0 Å². The largest absolute Gasteiger partial charge is 0.504 e. The molecule has 0 heterocycles. The lowest BCUT2D eigenvalue weighted by Gasteiger charge is -2.09. The van der Waals surface area contributed by atoms with Crippen LogP contribution >= 0.6 is 0 Å². The molecule has 0 aliphatic rings. The van der Waals surface area contributed by atoms with Gasteiger partial charge in [0.15, 0.2) is 11.5 Å². The maximum absolute atomic E-state index is 11.8. The molecule has 2 rings (SSSR count). The minimum atomic E-state index is -0.356. The summed E-state index contributed by atoms with van der Waals surface area (Å²) in [7, 11) is 1.46. The SMILES string of the molecule is COc1cc(CC(=O)OCCOc2ccc(C)cc2)ccc1O. The van der Waals surface area contributed by atoms with E-state index in [-0.39, 0.29) is 24.7 Å². The fraction of sp³-hybridized carbons (Fsp3) is 0.278. The molecule has 0 saturated heterocycles. The molecule has 0 bridgehead atoms. The van der Waals surface area contributed by atoms with Gasteiger partial charge in [-0.25, -0.2) is 0 Å². The number of benzene rings is 2. The zero-order valence-electron chi connectivity index (χ0n) is 13.2. The number of hydrogen-bond acceptors (Lipinski definition) is 5. The van der Waals surface area contributed by atoms with Crippen LogP contribution in [0.2, 0.25) is 0 Å². The van der Waals surface area contributed by atoms with Crippen molar-refractivity contribution in [3.8, 4) is 17.2 Å². The Balaban J connectivity index is 1.73. The maximum Gasteiger partial charge on any atom is 0.310 e. The Kier molecular flexibility index (Phi) is 5.86. The highest BCUT2D eigenvalue weighted by molar-refractivity contribution is 5.72. The van der Waals surface area contributed by atoms with E-state index in [1.54, 1.807) is 12.1 Å². The summed E-state index contributed by atoms with van der Waals surface area (Å²) in [5.41, 5.74) is 1.87. The van der Waals surface area contributed by atoms with Crippen molar-refractivity contribution in [2.24, 2.45) is 0 Å². The molecule has 5 nitrogen and oxygen atoms in total. The molecule has 2 aromatic carbocycles. The van der Waals surface area contributed by atoms with Crippen LogP contribution in [-0.2, 0) is 16.0 Å². The predicted octanol–water partition coefficient (Wildman–Crippen LogP) is 2.87. The van der Waals surface area contributed by atoms with E-state index in [0.29, 0.717) is 17.9 Å². The van der Waals surface area contributed by atoms with Crippen molar-refractivity contribution in [2.45, 2.75) is 13.3 Å². The molecular formula is C18H20O5. The number of aromatic hydroxyl groups is 1. The van der Waals surface area contributed by atoms with E-state index in [9.17, 15) is 9.90 Å². The van der Waals surface area contributed by atoms with Crippen molar-refractivity contribution >= 4 is 5.97 Å². The highest BCUT2D eigenvalue weighted by Gasteiger charge is 2.08. The van der Waals surface area contributed by atoms with Gasteiger partial charge in [0.05, 0.1) is 13.5 Å². The quantitative estimate of drug-likeness (QED) is 0.628. The number of esters is 1. The molecule has 0 unspecified atom stereocenters. The molecule has 0 saturated carbocycles. The van der Waals surface area contributed by atoms with Crippen LogP contribution in [0.15, 0.2) is 42.5 Å². The second-order valence-corrected chi connectivity index (χ2v) is 5.06. The van der Waals surface area contributed by atoms with Crippen LogP contribution in [0.5, 0.6) is 17.2 Å². The number of carbonyl (C=O) groups excluding carboxylic acids is 1. The van der Waals surface area contributed by atoms with Gasteiger partial charge in [-0.2, -0.15) is 0 Å². The Morgan fingerprint density at radius 2 is 1.83 bits per heavy atom. The summed E-state index contributed by atoms with van der Waals surface area (Å²) in [5.74, 6) is 0.759. The maximum atomic E-state index is 11.8. The van der Waals surface area contributed by atoms with Gasteiger partial charge in [0.1, 0.15) is 19.0 Å². The van der Waals surface area contributed by atoms with Crippen molar-refractivity contribution < 1.29 is 24.1 Å². The van der Waals surface area contributed by atoms with Gasteiger partial charge in [0.25, 0.3) is 0 Å². The second kappa shape index (κ2) is 8.08. The van der Waals surface area contributed by atoms with Crippen molar-refractivity contribution in [2.75, 3.05) is 20.3 Å². The van der Waals surface area contributed by atoms with Gasteiger partial charge in [0.2, 0.25) is 0 Å². The highest BCUT2D eigenvalue weighted by Crippen LogP contribution is 2.26. The van der Waals surface area contributed by atoms with Gasteiger partial charge in [-0.1, -0.05) is 23.8 Å². The molecule has 0 aromatic heterocycles. The molecule has 122 valence electrons. The van der Waals surface area contributed by atoms with Gasteiger partial charge >= 0.3 is 5.97 Å². The van der Waals surface area contributed by atoms with Crippen molar-refractivity contribution in [3.05, 3.63) is 53.6 Å². The molecule has 0 radical (unpaired) electrons. The van der Waals surface area contributed by atoms with Gasteiger partial charge < -0.3 is 19.3 Å². The summed E-state index contributed by atoms with van der Waals surface area (Å²) >= 11 is 0. The minimum Gasteiger partial charge on any atom is -0.504 e. The summed E-state index contributed by atoms with van der Waals surface area (Å²) in [6, 6.07) is 12.4. The lowest BCUT2D eigenvalue weighted by atomic mass is 10.1. The lowest BCUT2D eigenvalue weighted by molar-refractivity contribution is -0.143. The topological polar surface area (TPSA) is 65.0 Å². The Labute approximate surface area is 135 Å². The van der Waals surface area contributed by atoms with Gasteiger partial charge in [-0.3, -0.25) is 4.79 Å². The molecule has 1 N–H and O–H groups in total. The summed E-state index contributed by atoms with van der Waals surface area (Å²) < 4.78 is 15.6. The van der Waals surface area contributed by atoms with Crippen LogP contribution in [0.4, 0.5) is 0 Å². The first-order valence-electron chi connectivity index (χ1n) is 7.29. The Hall–Kier alpha value is -2.69. The van der Waals surface area contributed by atoms with Crippen molar-refractivity contribution in [1.29, 1.82) is 0 Å². The average molecular weight is 316 g/mol. The third-order valence-electron chi connectivity index (χ3n) is 3.23. The molecule has 0 spiro atoms. The van der Waals surface area contributed by atoms with Crippen LogP contribution in [-0.4, -0.2) is 31.4 Å². The van der Waals surface area contributed by atoms with Gasteiger partial charge in [0, 0.05) is 0 Å². The molecule has 23 heavy (non-hydrogen) atoms. The fourth-order valence-electron chi connectivity index (χ4n) is 2.00. The van der Waals surface area contributed by atoms with Crippen molar-refractivity contribution in [1.82, 2.24) is 0 Å². The summed E-state index contributed by atoms with van der Waals surface area (Å²) in [4.78, 5) is 11.8. The molecule has 0 aliphatic carbocycles. The van der Waals surface area contributed by atoms with E-state index in [0.717, 1.165) is 11.3 Å². The van der Waals surface area contributed by atoms with E-state index in [4.69, 9.17) is 14.2 Å². The lowest BCUT2D eigenvalue weighted by Crippen LogP contribution is -2.14. The van der Waals surface area contributed by atoms with E-state index in [1.165, 1.54) is 13.2 Å². The first kappa shape index (κ1) is 16.7. The molecule has 5 heteroatoms. The average Bonchev–Trinajstić information content (AvgIpc) is 2.55. The molecule has 2 aromatic rings. The van der Waals surface area contributed by atoms with Crippen LogP contribution in [0.1, 0.15) is 11.1 Å². The van der Waals surface area contributed by atoms with Gasteiger partial charge in [-0.15, -0.1) is 0 Å². The second-order valence-electron chi connectivity index (χ2n) is 5.06. The summed E-state index contributed by atoms with van der Waals surface area (Å²) in [6.07, 6.45) is 0.112. The number of ether oxygens (including phenoxy) is 3. The fourth-order valence-corrected chi connectivity index (χ4v) is 2.00.